The molecule has 7 rings (SSSR count). The average Bonchev–Trinajstić information content (AvgIpc) is 4.09. The van der Waals surface area contributed by atoms with E-state index in [1.807, 2.05) is 50.2 Å². The van der Waals surface area contributed by atoms with Crippen molar-refractivity contribution in [2.45, 2.75) is 76.3 Å². The molecule has 58 heavy (non-hydrogen) atoms. The highest BCUT2D eigenvalue weighted by molar-refractivity contribution is 6.00. The molecular weight excluding hydrogens is 733 g/mol. The summed E-state index contributed by atoms with van der Waals surface area (Å²) in [5.74, 6) is -3.89. The Hall–Kier alpha value is -5.52. The third-order valence-electron chi connectivity index (χ3n) is 12.3. The van der Waals surface area contributed by atoms with Gasteiger partial charge in [0, 0.05) is 74.3 Å². The Bertz CT molecular complexity index is 1850. The van der Waals surface area contributed by atoms with Gasteiger partial charge in [-0.3, -0.25) is 28.8 Å². The molecule has 3 aromatic carbocycles. The number of hydrogen-bond donors (Lipinski definition) is 4. The molecule has 2 saturated heterocycles. The number of rotatable bonds is 16. The molecule has 12 nitrogen and oxygen atoms in total. The van der Waals surface area contributed by atoms with Crippen molar-refractivity contribution in [3.63, 3.8) is 0 Å². The van der Waals surface area contributed by atoms with Crippen LogP contribution in [0.4, 0.5) is 0 Å². The summed E-state index contributed by atoms with van der Waals surface area (Å²) in [7, 11) is 0. The van der Waals surface area contributed by atoms with Crippen molar-refractivity contribution in [2.24, 2.45) is 23.7 Å². The van der Waals surface area contributed by atoms with E-state index < -0.39 is 23.7 Å². The van der Waals surface area contributed by atoms with Crippen molar-refractivity contribution in [3.05, 3.63) is 107 Å². The van der Waals surface area contributed by atoms with Crippen molar-refractivity contribution < 1.29 is 28.8 Å². The van der Waals surface area contributed by atoms with Gasteiger partial charge < -0.3 is 31.1 Å². The van der Waals surface area contributed by atoms with Crippen molar-refractivity contribution >= 4 is 35.4 Å². The van der Waals surface area contributed by atoms with Gasteiger partial charge in [-0.2, -0.15) is 0 Å². The van der Waals surface area contributed by atoms with Crippen molar-refractivity contribution in [1.29, 1.82) is 0 Å². The van der Waals surface area contributed by atoms with E-state index in [9.17, 15) is 28.8 Å². The molecule has 0 radical (unpaired) electrons. The zero-order valence-electron chi connectivity index (χ0n) is 33.5. The topological polar surface area (TPSA) is 157 Å². The fraction of sp³-hybridized carbons (Fsp3) is 0.478. The maximum atomic E-state index is 14.0. The summed E-state index contributed by atoms with van der Waals surface area (Å²) in [5, 5.41) is 12.2. The molecule has 0 spiro atoms. The van der Waals surface area contributed by atoms with Crippen molar-refractivity contribution in [2.75, 3.05) is 39.3 Å². The number of unbranched alkanes of at least 4 members (excludes halogenated alkanes) is 2. The number of amides is 6. The van der Waals surface area contributed by atoms with Crippen LogP contribution in [0.3, 0.4) is 0 Å². The minimum atomic E-state index is -0.717. The summed E-state index contributed by atoms with van der Waals surface area (Å²) in [6.07, 6.45) is 5.14. The van der Waals surface area contributed by atoms with Crippen LogP contribution in [0.15, 0.2) is 84.9 Å². The van der Waals surface area contributed by atoms with Crippen molar-refractivity contribution in [1.82, 2.24) is 31.1 Å². The molecule has 4 fully saturated rings. The second kappa shape index (κ2) is 18.4. The lowest BCUT2D eigenvalue weighted by Gasteiger charge is -2.18. The number of nitrogens with one attached hydrogen (secondary N) is 4. The van der Waals surface area contributed by atoms with Gasteiger partial charge in [0.15, 0.2) is 0 Å². The minimum Gasteiger partial charge on any atom is -0.356 e. The van der Waals surface area contributed by atoms with Gasteiger partial charge in [-0.05, 0) is 61.1 Å². The third-order valence-corrected chi connectivity index (χ3v) is 12.3. The van der Waals surface area contributed by atoms with Crippen LogP contribution in [0, 0.1) is 23.7 Å². The van der Waals surface area contributed by atoms with Crippen LogP contribution in [0.5, 0.6) is 0 Å². The molecule has 4 aliphatic rings. The Morgan fingerprint density at radius 3 is 1.19 bits per heavy atom. The smallest absolute Gasteiger partial charge is 0.253 e. The van der Waals surface area contributed by atoms with Crippen LogP contribution in [0.1, 0.15) is 96.1 Å². The second-order valence-electron chi connectivity index (χ2n) is 16.4. The Balaban J connectivity index is 1.01. The number of carbonyl (C=O) groups excluding carboxylic acids is 6. The molecule has 0 aromatic heterocycles. The van der Waals surface area contributed by atoms with E-state index in [0.29, 0.717) is 24.2 Å². The van der Waals surface area contributed by atoms with Gasteiger partial charge >= 0.3 is 0 Å². The van der Waals surface area contributed by atoms with Crippen LogP contribution in [-0.2, 0) is 19.2 Å². The van der Waals surface area contributed by atoms with E-state index in [2.05, 4.69) is 45.5 Å². The van der Waals surface area contributed by atoms with E-state index in [1.165, 1.54) is 0 Å². The van der Waals surface area contributed by atoms with Crippen LogP contribution in [0.2, 0.25) is 0 Å². The van der Waals surface area contributed by atoms with Crippen LogP contribution in [0.25, 0.3) is 0 Å². The monoisotopic (exact) mass is 788 g/mol. The predicted molar refractivity (Wildman–Crippen MR) is 220 cm³/mol. The van der Waals surface area contributed by atoms with Gasteiger partial charge in [-0.15, -0.1) is 0 Å². The molecular formula is C46H56N6O6. The van der Waals surface area contributed by atoms with E-state index in [1.54, 1.807) is 34.1 Å². The Kier molecular flexibility index (Phi) is 12.9. The van der Waals surface area contributed by atoms with Gasteiger partial charge in [0.2, 0.25) is 23.6 Å². The van der Waals surface area contributed by atoms with Crippen molar-refractivity contribution in [3.8, 4) is 0 Å². The molecule has 3 aromatic rings. The fourth-order valence-electron chi connectivity index (χ4n) is 8.59. The SMILES string of the molecule is CCCCNC(=O)[C@@H]1CN(C(=O)c2ccc(C(=O)N3C[C@@H](C(=O)NC4C[C@@H]4c4ccccc4)[C@H](C(=O)N[C@H]4C[C@@H]4c4ccccc4)C3)cc2)C[C@H]1C(=O)NCCCC. The van der Waals surface area contributed by atoms with Gasteiger partial charge in [0.25, 0.3) is 11.8 Å². The Morgan fingerprint density at radius 1 is 0.500 bits per heavy atom. The number of benzene rings is 3. The van der Waals surface area contributed by atoms with E-state index in [0.717, 1.165) is 49.7 Å². The fourth-order valence-corrected chi connectivity index (χ4v) is 8.59. The highest BCUT2D eigenvalue weighted by atomic mass is 16.2. The summed E-state index contributed by atoms with van der Waals surface area (Å²) in [6, 6.07) is 26.4. The molecule has 2 aliphatic heterocycles. The summed E-state index contributed by atoms with van der Waals surface area (Å²) in [4.78, 5) is 85.0. The zero-order chi connectivity index (χ0) is 40.8. The van der Waals surface area contributed by atoms with Gasteiger partial charge in [0.1, 0.15) is 0 Å². The molecule has 0 bridgehead atoms. The van der Waals surface area contributed by atoms with Gasteiger partial charge in [0.05, 0.1) is 23.7 Å². The standard InChI is InChI=1S/C46H56N6O6/c1-3-5-21-47-41(53)35-25-51(26-36(35)42(54)48-22-6-4-2)45(57)31-17-19-32(20-18-31)46(58)52-27-37(43(55)49-39-23-33(39)29-13-9-7-10-14-29)38(28-52)44(56)50-40-24-34(40)30-15-11-8-12-16-30/h7-20,33-40H,3-6,21-28H2,1-2H3,(H,47,53)(H,48,54)(H,49,55)(H,50,56)/t33-,34-,35-,36-,37-,38-,39+,40?/m1/s1. The molecule has 2 saturated carbocycles. The molecule has 8 atom stereocenters. The first-order valence-electron chi connectivity index (χ1n) is 21.1. The largest absolute Gasteiger partial charge is 0.356 e. The van der Waals surface area contributed by atoms with Crippen LogP contribution < -0.4 is 21.3 Å². The zero-order valence-corrected chi connectivity index (χ0v) is 33.5. The quantitative estimate of drug-likeness (QED) is 0.159. The van der Waals surface area contributed by atoms with Crippen LogP contribution in [-0.4, -0.2) is 96.6 Å². The summed E-state index contributed by atoms with van der Waals surface area (Å²) in [5.41, 5.74) is 2.99. The lowest BCUT2D eigenvalue weighted by atomic mass is 9.94. The number of carbonyl (C=O) groups is 6. The highest BCUT2D eigenvalue weighted by Crippen LogP contribution is 2.42. The minimum absolute atomic E-state index is 0.0219. The summed E-state index contributed by atoms with van der Waals surface area (Å²) < 4.78 is 0. The number of hydrogen-bond acceptors (Lipinski definition) is 6. The predicted octanol–water partition coefficient (Wildman–Crippen LogP) is 4.24. The van der Waals surface area contributed by atoms with E-state index >= 15 is 0 Å². The lowest BCUT2D eigenvalue weighted by Crippen LogP contribution is -2.43. The summed E-state index contributed by atoms with van der Waals surface area (Å²) >= 11 is 0. The Labute approximate surface area is 340 Å². The molecule has 12 heteroatoms. The molecule has 2 aliphatic carbocycles. The second-order valence-corrected chi connectivity index (χ2v) is 16.4. The van der Waals surface area contributed by atoms with Crippen LogP contribution >= 0.6 is 0 Å². The molecule has 1 unspecified atom stereocenters. The first kappa shape index (κ1) is 40.7. The van der Waals surface area contributed by atoms with E-state index in [4.69, 9.17) is 0 Å². The highest BCUT2D eigenvalue weighted by Gasteiger charge is 2.49. The molecule has 306 valence electrons. The number of likely N-dealkylation sites (tertiary alicyclic amines) is 2. The van der Waals surface area contributed by atoms with Gasteiger partial charge in [-0.1, -0.05) is 87.4 Å². The molecule has 4 N–H and O–H groups in total. The maximum Gasteiger partial charge on any atom is 0.253 e. The first-order chi connectivity index (χ1) is 28.2. The van der Waals surface area contributed by atoms with E-state index in [-0.39, 0.29) is 85.5 Å². The maximum absolute atomic E-state index is 14.0. The Morgan fingerprint density at radius 2 is 0.845 bits per heavy atom. The van der Waals surface area contributed by atoms with Gasteiger partial charge in [-0.25, -0.2) is 0 Å². The molecule has 6 amide bonds. The molecule has 2 heterocycles. The normalized spacial score (nSPS) is 25.8. The summed E-state index contributed by atoms with van der Waals surface area (Å²) in [6.45, 7) is 5.51. The third kappa shape index (κ3) is 9.43. The average molecular weight is 789 g/mol. The first-order valence-corrected chi connectivity index (χ1v) is 21.1. The lowest BCUT2D eigenvalue weighted by molar-refractivity contribution is -0.133. The number of nitrogens with zero attached hydrogens (tertiary/aromatic N) is 2.